The Morgan fingerprint density at radius 1 is 1.35 bits per heavy atom. The summed E-state index contributed by atoms with van der Waals surface area (Å²) in [6, 6.07) is 10.3. The third-order valence-corrected chi connectivity index (χ3v) is 2.66. The van der Waals surface area contributed by atoms with E-state index in [-0.39, 0.29) is 12.1 Å². The predicted molar refractivity (Wildman–Crippen MR) is 71.5 cm³/mol. The molecule has 0 heterocycles. The molecule has 0 spiro atoms. The highest BCUT2D eigenvalue weighted by atomic mass is 35.5. The summed E-state index contributed by atoms with van der Waals surface area (Å²) in [4.78, 5) is 11.3. The SMILES string of the molecule is CC(CCc1ccccc1)NC(=O)NCCCl. The fourth-order valence-corrected chi connectivity index (χ4v) is 1.63. The van der Waals surface area contributed by atoms with Gasteiger partial charge in [-0.05, 0) is 25.3 Å². The third-order valence-electron chi connectivity index (χ3n) is 2.47. The maximum Gasteiger partial charge on any atom is 0.315 e. The first-order valence-corrected chi connectivity index (χ1v) is 6.40. The average Bonchev–Trinajstić information content (AvgIpc) is 2.35. The van der Waals surface area contributed by atoms with E-state index < -0.39 is 0 Å². The Balaban J connectivity index is 2.21. The number of carbonyl (C=O) groups excluding carboxylic acids is 1. The Morgan fingerprint density at radius 3 is 2.71 bits per heavy atom. The molecular weight excluding hydrogens is 236 g/mol. The molecule has 2 amide bonds. The molecule has 1 aromatic rings. The Hall–Kier alpha value is -1.22. The first-order valence-electron chi connectivity index (χ1n) is 5.86. The van der Waals surface area contributed by atoms with E-state index in [0.717, 1.165) is 12.8 Å². The summed E-state index contributed by atoms with van der Waals surface area (Å²) in [5.74, 6) is 0.436. The first kappa shape index (κ1) is 13.8. The lowest BCUT2D eigenvalue weighted by Gasteiger charge is -2.14. The van der Waals surface area contributed by atoms with Crippen molar-refractivity contribution in [2.45, 2.75) is 25.8 Å². The van der Waals surface area contributed by atoms with Gasteiger partial charge < -0.3 is 10.6 Å². The minimum absolute atomic E-state index is 0.147. The number of urea groups is 1. The van der Waals surface area contributed by atoms with E-state index in [9.17, 15) is 4.79 Å². The Morgan fingerprint density at radius 2 is 2.06 bits per heavy atom. The van der Waals surface area contributed by atoms with Crippen molar-refractivity contribution < 1.29 is 4.79 Å². The molecule has 0 radical (unpaired) electrons. The average molecular weight is 255 g/mol. The number of hydrogen-bond donors (Lipinski definition) is 2. The molecule has 2 N–H and O–H groups in total. The number of nitrogens with one attached hydrogen (secondary N) is 2. The maximum atomic E-state index is 11.3. The summed E-state index contributed by atoms with van der Waals surface area (Å²) in [7, 11) is 0. The summed E-state index contributed by atoms with van der Waals surface area (Å²) in [5.41, 5.74) is 1.29. The van der Waals surface area contributed by atoms with E-state index in [1.807, 2.05) is 25.1 Å². The van der Waals surface area contributed by atoms with Gasteiger partial charge in [-0.1, -0.05) is 30.3 Å². The summed E-state index contributed by atoms with van der Waals surface area (Å²) in [6.07, 6.45) is 1.90. The maximum absolute atomic E-state index is 11.3. The zero-order chi connectivity index (χ0) is 12.5. The summed E-state index contributed by atoms with van der Waals surface area (Å²) >= 11 is 5.48. The number of carbonyl (C=O) groups is 1. The van der Waals surface area contributed by atoms with Crippen molar-refractivity contribution in [3.8, 4) is 0 Å². The normalized spacial score (nSPS) is 11.9. The van der Waals surface area contributed by atoms with Crippen LogP contribution in [0.15, 0.2) is 30.3 Å². The van der Waals surface area contributed by atoms with Crippen LogP contribution in [-0.2, 0) is 6.42 Å². The van der Waals surface area contributed by atoms with Gasteiger partial charge in [-0.2, -0.15) is 0 Å². The number of aryl methyl sites for hydroxylation is 1. The third kappa shape index (κ3) is 6.17. The summed E-state index contributed by atoms with van der Waals surface area (Å²) in [6.45, 7) is 2.50. The van der Waals surface area contributed by atoms with E-state index in [0.29, 0.717) is 12.4 Å². The van der Waals surface area contributed by atoms with Crippen LogP contribution in [0, 0.1) is 0 Å². The van der Waals surface area contributed by atoms with E-state index in [2.05, 4.69) is 22.8 Å². The van der Waals surface area contributed by atoms with Crippen molar-refractivity contribution in [3.63, 3.8) is 0 Å². The van der Waals surface area contributed by atoms with Crippen LogP contribution < -0.4 is 10.6 Å². The van der Waals surface area contributed by atoms with Crippen molar-refractivity contribution in [2.24, 2.45) is 0 Å². The molecule has 0 aliphatic heterocycles. The molecule has 94 valence electrons. The standard InChI is InChI=1S/C13H19ClN2O/c1-11(16-13(17)15-10-9-14)7-8-12-5-3-2-4-6-12/h2-6,11H,7-10H2,1H3,(H2,15,16,17). The van der Waals surface area contributed by atoms with Crippen LogP contribution in [0.3, 0.4) is 0 Å². The molecule has 4 heteroatoms. The second-order valence-electron chi connectivity index (χ2n) is 4.01. The number of amides is 2. The molecule has 0 aliphatic rings. The molecule has 0 saturated carbocycles. The Bertz CT molecular complexity index is 329. The van der Waals surface area contributed by atoms with Crippen LogP contribution in [0.4, 0.5) is 4.79 Å². The van der Waals surface area contributed by atoms with E-state index in [4.69, 9.17) is 11.6 Å². The first-order chi connectivity index (χ1) is 8.22. The van der Waals surface area contributed by atoms with Crippen LogP contribution in [-0.4, -0.2) is 24.5 Å². The quantitative estimate of drug-likeness (QED) is 0.753. The zero-order valence-corrected chi connectivity index (χ0v) is 10.8. The van der Waals surface area contributed by atoms with Crippen LogP contribution >= 0.6 is 11.6 Å². The molecular formula is C13H19ClN2O. The molecule has 1 unspecified atom stereocenters. The van der Waals surface area contributed by atoms with Gasteiger partial charge in [-0.3, -0.25) is 0 Å². The van der Waals surface area contributed by atoms with Crippen molar-refractivity contribution in [1.29, 1.82) is 0 Å². The van der Waals surface area contributed by atoms with Gasteiger partial charge in [-0.25, -0.2) is 4.79 Å². The van der Waals surface area contributed by atoms with Crippen molar-refractivity contribution >= 4 is 17.6 Å². The molecule has 1 aromatic carbocycles. The minimum Gasteiger partial charge on any atom is -0.337 e. The molecule has 17 heavy (non-hydrogen) atoms. The topological polar surface area (TPSA) is 41.1 Å². The van der Waals surface area contributed by atoms with Crippen molar-refractivity contribution in [2.75, 3.05) is 12.4 Å². The molecule has 1 rings (SSSR count). The number of benzene rings is 1. The fourth-order valence-electron chi connectivity index (χ4n) is 1.54. The highest BCUT2D eigenvalue weighted by molar-refractivity contribution is 6.18. The Kier molecular flexibility index (Phi) is 6.48. The van der Waals surface area contributed by atoms with E-state index >= 15 is 0 Å². The molecule has 0 bridgehead atoms. The fraction of sp³-hybridized carbons (Fsp3) is 0.462. The molecule has 0 saturated heterocycles. The molecule has 0 fully saturated rings. The number of alkyl halides is 1. The molecule has 0 aromatic heterocycles. The van der Waals surface area contributed by atoms with Gasteiger partial charge in [0.05, 0.1) is 0 Å². The smallest absolute Gasteiger partial charge is 0.315 e. The lowest BCUT2D eigenvalue weighted by atomic mass is 10.1. The van der Waals surface area contributed by atoms with Gasteiger partial charge in [0.15, 0.2) is 0 Å². The van der Waals surface area contributed by atoms with Crippen molar-refractivity contribution in [1.82, 2.24) is 10.6 Å². The number of halogens is 1. The highest BCUT2D eigenvalue weighted by Gasteiger charge is 2.06. The lowest BCUT2D eigenvalue weighted by Crippen LogP contribution is -2.41. The molecule has 0 aliphatic carbocycles. The lowest BCUT2D eigenvalue weighted by molar-refractivity contribution is 0.238. The second kappa shape index (κ2) is 7.96. The van der Waals surface area contributed by atoms with E-state index in [1.54, 1.807) is 0 Å². The van der Waals surface area contributed by atoms with Gasteiger partial charge in [-0.15, -0.1) is 11.6 Å². The largest absolute Gasteiger partial charge is 0.337 e. The van der Waals surface area contributed by atoms with Gasteiger partial charge in [0, 0.05) is 18.5 Å². The minimum atomic E-state index is -0.147. The summed E-state index contributed by atoms with van der Waals surface area (Å²) < 4.78 is 0. The van der Waals surface area contributed by atoms with Crippen LogP contribution in [0.25, 0.3) is 0 Å². The highest BCUT2D eigenvalue weighted by Crippen LogP contribution is 2.04. The number of hydrogen-bond acceptors (Lipinski definition) is 1. The second-order valence-corrected chi connectivity index (χ2v) is 4.39. The van der Waals surface area contributed by atoms with Gasteiger partial charge in [0.1, 0.15) is 0 Å². The Labute approximate surface area is 108 Å². The molecule has 1 atom stereocenters. The monoisotopic (exact) mass is 254 g/mol. The van der Waals surface area contributed by atoms with E-state index in [1.165, 1.54) is 5.56 Å². The zero-order valence-electron chi connectivity index (χ0n) is 10.1. The number of rotatable bonds is 6. The van der Waals surface area contributed by atoms with Crippen LogP contribution in [0.2, 0.25) is 0 Å². The van der Waals surface area contributed by atoms with Crippen molar-refractivity contribution in [3.05, 3.63) is 35.9 Å². The van der Waals surface area contributed by atoms with Crippen LogP contribution in [0.1, 0.15) is 18.9 Å². The molecule has 3 nitrogen and oxygen atoms in total. The predicted octanol–water partition coefficient (Wildman–Crippen LogP) is 2.55. The van der Waals surface area contributed by atoms with Crippen LogP contribution in [0.5, 0.6) is 0 Å². The van der Waals surface area contributed by atoms with Gasteiger partial charge >= 0.3 is 6.03 Å². The van der Waals surface area contributed by atoms with Gasteiger partial charge in [0.2, 0.25) is 0 Å². The van der Waals surface area contributed by atoms with Gasteiger partial charge in [0.25, 0.3) is 0 Å². The summed E-state index contributed by atoms with van der Waals surface area (Å²) in [5, 5.41) is 5.56.